The van der Waals surface area contributed by atoms with Crippen molar-refractivity contribution < 1.29 is 4.42 Å². The average Bonchev–Trinajstić information content (AvgIpc) is 2.72. The van der Waals surface area contributed by atoms with Crippen molar-refractivity contribution in [2.75, 3.05) is 6.54 Å². The van der Waals surface area contributed by atoms with Crippen molar-refractivity contribution in [3.05, 3.63) is 23.7 Å². The summed E-state index contributed by atoms with van der Waals surface area (Å²) in [6.45, 7) is 6.15. The lowest BCUT2D eigenvalue weighted by Crippen LogP contribution is -2.37. The number of nitrogens with one attached hydrogen (secondary N) is 2. The zero-order valence-electron chi connectivity index (χ0n) is 8.84. The Hall–Kier alpha value is -0.800. The molecule has 14 heavy (non-hydrogen) atoms. The van der Waals surface area contributed by atoms with Crippen LogP contribution in [-0.4, -0.2) is 18.6 Å². The zero-order valence-corrected chi connectivity index (χ0v) is 8.84. The molecule has 1 aliphatic heterocycles. The number of aryl methyl sites for hydroxylation is 1. The van der Waals surface area contributed by atoms with E-state index in [1.54, 1.807) is 0 Å². The molecule has 0 amide bonds. The Kier molecular flexibility index (Phi) is 2.89. The summed E-state index contributed by atoms with van der Waals surface area (Å²) in [6, 6.07) is 5.20. The van der Waals surface area contributed by atoms with Crippen molar-refractivity contribution in [2.24, 2.45) is 0 Å². The highest BCUT2D eigenvalue weighted by Gasteiger charge is 2.21. The molecule has 0 radical (unpaired) electrons. The van der Waals surface area contributed by atoms with E-state index in [0.29, 0.717) is 12.1 Å². The Morgan fingerprint density at radius 2 is 2.43 bits per heavy atom. The van der Waals surface area contributed by atoms with Crippen LogP contribution in [0.5, 0.6) is 0 Å². The van der Waals surface area contributed by atoms with Crippen LogP contribution in [0.3, 0.4) is 0 Å². The second-order valence-corrected chi connectivity index (χ2v) is 4.03. The largest absolute Gasteiger partial charge is 0.465 e. The van der Waals surface area contributed by atoms with Crippen molar-refractivity contribution in [2.45, 2.75) is 38.9 Å². The first kappa shape index (κ1) is 9.74. The summed E-state index contributed by atoms with van der Waals surface area (Å²) in [4.78, 5) is 0. The summed E-state index contributed by atoms with van der Waals surface area (Å²) in [5.74, 6) is 2.01. The second kappa shape index (κ2) is 4.15. The molecule has 0 bridgehead atoms. The molecule has 0 aromatic carbocycles. The molecule has 78 valence electrons. The van der Waals surface area contributed by atoms with Crippen LogP contribution in [0.15, 0.2) is 16.5 Å². The maximum absolute atomic E-state index is 5.50. The molecular formula is C11H18N2O. The molecule has 3 nitrogen and oxygen atoms in total. The van der Waals surface area contributed by atoms with Gasteiger partial charge in [-0.1, -0.05) is 0 Å². The SMILES string of the molecule is Cc1ccc(CN[C@H]2CCN[C@H]2C)o1. The van der Waals surface area contributed by atoms with E-state index < -0.39 is 0 Å². The summed E-state index contributed by atoms with van der Waals surface area (Å²) >= 11 is 0. The Bertz CT molecular complexity index is 295. The molecule has 2 N–H and O–H groups in total. The number of hydrogen-bond donors (Lipinski definition) is 2. The fourth-order valence-electron chi connectivity index (χ4n) is 1.95. The predicted octanol–water partition coefficient (Wildman–Crippen LogP) is 1.43. The van der Waals surface area contributed by atoms with E-state index in [1.807, 2.05) is 19.1 Å². The maximum Gasteiger partial charge on any atom is 0.117 e. The van der Waals surface area contributed by atoms with Crippen LogP contribution in [-0.2, 0) is 6.54 Å². The van der Waals surface area contributed by atoms with Gasteiger partial charge in [-0.05, 0) is 38.9 Å². The summed E-state index contributed by atoms with van der Waals surface area (Å²) in [5.41, 5.74) is 0. The van der Waals surface area contributed by atoms with Gasteiger partial charge in [0.05, 0.1) is 6.54 Å². The summed E-state index contributed by atoms with van der Waals surface area (Å²) in [7, 11) is 0. The van der Waals surface area contributed by atoms with E-state index in [9.17, 15) is 0 Å². The van der Waals surface area contributed by atoms with Gasteiger partial charge in [0.2, 0.25) is 0 Å². The van der Waals surface area contributed by atoms with Crippen LogP contribution in [0.4, 0.5) is 0 Å². The minimum Gasteiger partial charge on any atom is -0.465 e. The quantitative estimate of drug-likeness (QED) is 0.764. The lowest BCUT2D eigenvalue weighted by Gasteiger charge is -2.15. The van der Waals surface area contributed by atoms with Crippen LogP contribution < -0.4 is 10.6 Å². The fraction of sp³-hybridized carbons (Fsp3) is 0.636. The van der Waals surface area contributed by atoms with Crippen LogP contribution in [0.25, 0.3) is 0 Å². The third-order valence-corrected chi connectivity index (χ3v) is 2.86. The van der Waals surface area contributed by atoms with Gasteiger partial charge >= 0.3 is 0 Å². The Labute approximate surface area is 84.9 Å². The fourth-order valence-corrected chi connectivity index (χ4v) is 1.95. The van der Waals surface area contributed by atoms with Gasteiger partial charge in [0.25, 0.3) is 0 Å². The topological polar surface area (TPSA) is 37.2 Å². The smallest absolute Gasteiger partial charge is 0.117 e. The van der Waals surface area contributed by atoms with Crippen LogP contribution >= 0.6 is 0 Å². The molecule has 0 aliphatic carbocycles. The maximum atomic E-state index is 5.50. The first-order chi connectivity index (χ1) is 6.75. The number of hydrogen-bond acceptors (Lipinski definition) is 3. The lowest BCUT2D eigenvalue weighted by molar-refractivity contribution is 0.416. The summed E-state index contributed by atoms with van der Waals surface area (Å²) in [5, 5.41) is 6.92. The zero-order chi connectivity index (χ0) is 9.97. The first-order valence-electron chi connectivity index (χ1n) is 5.28. The minimum absolute atomic E-state index is 0.575. The standard InChI is InChI=1S/C11H18N2O/c1-8-3-4-10(14-8)7-13-11-5-6-12-9(11)2/h3-4,9,11-13H,5-7H2,1-2H3/t9-,11-/m0/s1. The molecule has 3 heteroatoms. The summed E-state index contributed by atoms with van der Waals surface area (Å²) < 4.78 is 5.50. The normalized spacial score (nSPS) is 27.0. The number of furan rings is 1. The highest BCUT2D eigenvalue weighted by Crippen LogP contribution is 2.09. The molecule has 1 fully saturated rings. The molecule has 2 heterocycles. The van der Waals surface area contributed by atoms with Crippen molar-refractivity contribution in [3.63, 3.8) is 0 Å². The molecule has 0 unspecified atom stereocenters. The molecule has 0 saturated carbocycles. The first-order valence-corrected chi connectivity index (χ1v) is 5.28. The van der Waals surface area contributed by atoms with Crippen LogP contribution in [0.1, 0.15) is 24.9 Å². The highest BCUT2D eigenvalue weighted by atomic mass is 16.3. The van der Waals surface area contributed by atoms with E-state index in [-0.39, 0.29) is 0 Å². The summed E-state index contributed by atoms with van der Waals surface area (Å²) in [6.07, 6.45) is 1.21. The molecule has 1 aromatic rings. The van der Waals surface area contributed by atoms with Gasteiger partial charge in [-0.3, -0.25) is 0 Å². The van der Waals surface area contributed by atoms with E-state index in [1.165, 1.54) is 6.42 Å². The molecule has 1 aliphatic rings. The van der Waals surface area contributed by atoms with Crippen molar-refractivity contribution >= 4 is 0 Å². The lowest BCUT2D eigenvalue weighted by atomic mass is 10.1. The molecule has 1 saturated heterocycles. The highest BCUT2D eigenvalue weighted by molar-refractivity contribution is 5.05. The van der Waals surface area contributed by atoms with E-state index >= 15 is 0 Å². The van der Waals surface area contributed by atoms with Crippen molar-refractivity contribution in [1.82, 2.24) is 10.6 Å². The van der Waals surface area contributed by atoms with Crippen molar-refractivity contribution in [3.8, 4) is 0 Å². The monoisotopic (exact) mass is 194 g/mol. The van der Waals surface area contributed by atoms with Gasteiger partial charge in [0.15, 0.2) is 0 Å². The van der Waals surface area contributed by atoms with Gasteiger partial charge < -0.3 is 15.1 Å². The van der Waals surface area contributed by atoms with Gasteiger partial charge in [-0.15, -0.1) is 0 Å². The average molecular weight is 194 g/mol. The Morgan fingerprint density at radius 3 is 3.00 bits per heavy atom. The van der Waals surface area contributed by atoms with Crippen molar-refractivity contribution in [1.29, 1.82) is 0 Å². The van der Waals surface area contributed by atoms with Gasteiger partial charge in [0.1, 0.15) is 11.5 Å². The van der Waals surface area contributed by atoms with Crippen LogP contribution in [0.2, 0.25) is 0 Å². The van der Waals surface area contributed by atoms with E-state index in [4.69, 9.17) is 4.42 Å². The Morgan fingerprint density at radius 1 is 1.57 bits per heavy atom. The van der Waals surface area contributed by atoms with E-state index in [0.717, 1.165) is 24.6 Å². The van der Waals surface area contributed by atoms with E-state index in [2.05, 4.69) is 17.6 Å². The minimum atomic E-state index is 0.575. The molecule has 1 aromatic heterocycles. The van der Waals surface area contributed by atoms with Gasteiger partial charge in [-0.2, -0.15) is 0 Å². The van der Waals surface area contributed by atoms with Gasteiger partial charge in [0, 0.05) is 12.1 Å². The predicted molar refractivity (Wildman–Crippen MR) is 56.2 cm³/mol. The van der Waals surface area contributed by atoms with Crippen LogP contribution in [0, 0.1) is 6.92 Å². The Balaban J connectivity index is 1.82. The molecule has 0 spiro atoms. The third kappa shape index (κ3) is 2.16. The second-order valence-electron chi connectivity index (χ2n) is 4.03. The third-order valence-electron chi connectivity index (χ3n) is 2.86. The molecule has 2 rings (SSSR count). The van der Waals surface area contributed by atoms with Gasteiger partial charge in [-0.25, -0.2) is 0 Å². The molecular weight excluding hydrogens is 176 g/mol. The molecule has 2 atom stereocenters. The number of rotatable bonds is 3.